The number of anilines is 1. The molecule has 2 rings (SSSR count). The molecule has 0 spiro atoms. The first-order valence-corrected chi connectivity index (χ1v) is 5.45. The summed E-state index contributed by atoms with van der Waals surface area (Å²) in [5, 5.41) is 7.84. The molecule has 0 fully saturated rings. The van der Waals surface area contributed by atoms with Gasteiger partial charge in [0.15, 0.2) is 5.82 Å². The summed E-state index contributed by atoms with van der Waals surface area (Å²) >= 11 is 0. The minimum absolute atomic E-state index is 0.513. The van der Waals surface area contributed by atoms with Crippen molar-refractivity contribution in [2.45, 2.75) is 39.7 Å². The third-order valence-electron chi connectivity index (χ3n) is 2.96. The maximum Gasteiger partial charge on any atom is 0.221 e. The first kappa shape index (κ1) is 9.49. The Kier molecular flexibility index (Phi) is 2.44. The maximum atomic E-state index is 4.52. The smallest absolute Gasteiger partial charge is 0.221 e. The molecule has 0 saturated heterocycles. The Morgan fingerprint density at radius 2 is 2.29 bits per heavy atom. The summed E-state index contributed by atoms with van der Waals surface area (Å²) in [6.07, 6.45) is 2.04. The fourth-order valence-electron chi connectivity index (χ4n) is 2.07. The standard InChI is InChI=1S/C10H18N4/c1-4-8-7(3)6-11-10-12-9(5-2)13-14(8)10/h7-8H,4-6H2,1-3H3,(H,11,12,13). The van der Waals surface area contributed by atoms with Gasteiger partial charge in [0.1, 0.15) is 0 Å². The van der Waals surface area contributed by atoms with Gasteiger partial charge in [0.2, 0.25) is 5.95 Å². The van der Waals surface area contributed by atoms with Crippen molar-refractivity contribution in [3.05, 3.63) is 5.82 Å². The van der Waals surface area contributed by atoms with Gasteiger partial charge in [-0.2, -0.15) is 10.1 Å². The van der Waals surface area contributed by atoms with Gasteiger partial charge in [-0.25, -0.2) is 4.68 Å². The zero-order chi connectivity index (χ0) is 10.1. The summed E-state index contributed by atoms with van der Waals surface area (Å²) in [6, 6.07) is 0.513. The monoisotopic (exact) mass is 194 g/mol. The SMILES string of the molecule is CCc1nc2n(n1)C(CC)C(C)CN2. The molecule has 1 N–H and O–H groups in total. The Labute approximate surface area is 84.7 Å². The third-order valence-corrected chi connectivity index (χ3v) is 2.96. The van der Waals surface area contributed by atoms with Gasteiger partial charge >= 0.3 is 0 Å². The van der Waals surface area contributed by atoms with Gasteiger partial charge in [0.25, 0.3) is 0 Å². The molecule has 0 saturated carbocycles. The van der Waals surface area contributed by atoms with Crippen LogP contribution in [-0.4, -0.2) is 21.3 Å². The molecule has 0 amide bonds. The van der Waals surface area contributed by atoms with E-state index in [0.29, 0.717) is 12.0 Å². The van der Waals surface area contributed by atoms with Crippen molar-refractivity contribution < 1.29 is 0 Å². The predicted octanol–water partition coefficient (Wildman–Crippen LogP) is 1.85. The van der Waals surface area contributed by atoms with E-state index in [4.69, 9.17) is 0 Å². The van der Waals surface area contributed by atoms with E-state index in [1.54, 1.807) is 0 Å². The highest BCUT2D eigenvalue weighted by Gasteiger charge is 2.26. The average Bonchev–Trinajstić information content (AvgIpc) is 2.60. The number of fused-ring (bicyclic) bond motifs is 1. The Bertz CT molecular complexity index is 318. The lowest BCUT2D eigenvalue weighted by Gasteiger charge is -2.29. The molecule has 2 heterocycles. The van der Waals surface area contributed by atoms with Crippen molar-refractivity contribution >= 4 is 5.95 Å². The summed E-state index contributed by atoms with van der Waals surface area (Å²) in [4.78, 5) is 4.44. The van der Waals surface area contributed by atoms with Gasteiger partial charge in [0.05, 0.1) is 6.04 Å². The van der Waals surface area contributed by atoms with Crippen LogP contribution in [0.4, 0.5) is 5.95 Å². The first-order valence-electron chi connectivity index (χ1n) is 5.45. The Hall–Kier alpha value is -1.06. The van der Waals surface area contributed by atoms with Crippen LogP contribution in [0.15, 0.2) is 0 Å². The molecule has 1 aromatic heterocycles. The Morgan fingerprint density at radius 1 is 1.50 bits per heavy atom. The fourth-order valence-corrected chi connectivity index (χ4v) is 2.07. The second-order valence-electron chi connectivity index (χ2n) is 3.98. The predicted molar refractivity (Wildman–Crippen MR) is 56.4 cm³/mol. The van der Waals surface area contributed by atoms with Crippen LogP contribution in [0.2, 0.25) is 0 Å². The molecule has 2 unspecified atom stereocenters. The molecule has 1 aromatic rings. The van der Waals surface area contributed by atoms with Crippen molar-refractivity contribution in [2.24, 2.45) is 5.92 Å². The molecule has 0 radical (unpaired) electrons. The van der Waals surface area contributed by atoms with E-state index in [-0.39, 0.29) is 0 Å². The molecule has 0 aliphatic carbocycles. The Morgan fingerprint density at radius 3 is 2.93 bits per heavy atom. The van der Waals surface area contributed by atoms with Gasteiger partial charge in [-0.05, 0) is 12.3 Å². The fraction of sp³-hybridized carbons (Fsp3) is 0.800. The van der Waals surface area contributed by atoms with Crippen molar-refractivity contribution in [3.63, 3.8) is 0 Å². The number of nitrogens with zero attached hydrogens (tertiary/aromatic N) is 3. The molecule has 4 heteroatoms. The molecule has 14 heavy (non-hydrogen) atoms. The van der Waals surface area contributed by atoms with E-state index in [0.717, 1.165) is 31.2 Å². The van der Waals surface area contributed by atoms with Crippen LogP contribution in [0.1, 0.15) is 39.1 Å². The van der Waals surface area contributed by atoms with Crippen molar-refractivity contribution in [3.8, 4) is 0 Å². The molecule has 78 valence electrons. The van der Waals surface area contributed by atoms with Crippen LogP contribution in [0, 0.1) is 5.92 Å². The van der Waals surface area contributed by atoms with Crippen LogP contribution in [0.25, 0.3) is 0 Å². The van der Waals surface area contributed by atoms with Crippen LogP contribution < -0.4 is 5.32 Å². The summed E-state index contributed by atoms with van der Waals surface area (Å²) < 4.78 is 2.06. The lowest BCUT2D eigenvalue weighted by molar-refractivity contribution is 0.311. The zero-order valence-electron chi connectivity index (χ0n) is 9.12. The average molecular weight is 194 g/mol. The van der Waals surface area contributed by atoms with Crippen LogP contribution in [0.3, 0.4) is 0 Å². The second kappa shape index (κ2) is 3.59. The highest BCUT2D eigenvalue weighted by atomic mass is 15.4. The van der Waals surface area contributed by atoms with Gasteiger partial charge < -0.3 is 5.32 Å². The number of hydrogen-bond donors (Lipinski definition) is 1. The van der Waals surface area contributed by atoms with Crippen LogP contribution in [0.5, 0.6) is 0 Å². The van der Waals surface area contributed by atoms with Crippen molar-refractivity contribution in [1.82, 2.24) is 14.8 Å². The number of rotatable bonds is 2. The number of nitrogens with one attached hydrogen (secondary N) is 1. The first-order chi connectivity index (χ1) is 6.76. The van der Waals surface area contributed by atoms with E-state index in [9.17, 15) is 0 Å². The minimum Gasteiger partial charge on any atom is -0.354 e. The molecule has 2 atom stereocenters. The van der Waals surface area contributed by atoms with Gasteiger partial charge in [-0.1, -0.05) is 20.8 Å². The lowest BCUT2D eigenvalue weighted by atomic mass is 9.98. The Balaban J connectivity index is 2.35. The molecule has 0 bridgehead atoms. The second-order valence-corrected chi connectivity index (χ2v) is 3.98. The van der Waals surface area contributed by atoms with Gasteiger partial charge in [-0.3, -0.25) is 0 Å². The quantitative estimate of drug-likeness (QED) is 0.781. The highest BCUT2D eigenvalue weighted by molar-refractivity contribution is 5.28. The summed E-state index contributed by atoms with van der Waals surface area (Å²) in [7, 11) is 0. The highest BCUT2D eigenvalue weighted by Crippen LogP contribution is 2.28. The summed E-state index contributed by atoms with van der Waals surface area (Å²) in [6.45, 7) is 7.58. The minimum atomic E-state index is 0.513. The number of hydrogen-bond acceptors (Lipinski definition) is 3. The molecular formula is C10H18N4. The van der Waals surface area contributed by atoms with E-state index in [1.807, 2.05) is 0 Å². The topological polar surface area (TPSA) is 42.7 Å². The van der Waals surface area contributed by atoms with E-state index >= 15 is 0 Å². The normalized spacial score (nSPS) is 25.6. The van der Waals surface area contributed by atoms with Crippen LogP contribution in [-0.2, 0) is 6.42 Å². The van der Waals surface area contributed by atoms with E-state index in [1.165, 1.54) is 0 Å². The molecule has 1 aliphatic rings. The summed E-state index contributed by atoms with van der Waals surface area (Å²) in [5.41, 5.74) is 0. The van der Waals surface area contributed by atoms with Gasteiger partial charge in [0, 0.05) is 13.0 Å². The third kappa shape index (κ3) is 1.38. The molecule has 0 aromatic carbocycles. The zero-order valence-corrected chi connectivity index (χ0v) is 9.12. The van der Waals surface area contributed by atoms with Crippen molar-refractivity contribution in [1.29, 1.82) is 0 Å². The largest absolute Gasteiger partial charge is 0.354 e. The molecular weight excluding hydrogens is 176 g/mol. The molecule has 1 aliphatic heterocycles. The van der Waals surface area contributed by atoms with Gasteiger partial charge in [-0.15, -0.1) is 0 Å². The maximum absolute atomic E-state index is 4.52. The van der Waals surface area contributed by atoms with E-state index < -0.39 is 0 Å². The van der Waals surface area contributed by atoms with Crippen LogP contribution >= 0.6 is 0 Å². The van der Waals surface area contributed by atoms with Crippen molar-refractivity contribution in [2.75, 3.05) is 11.9 Å². The number of aromatic nitrogens is 3. The van der Waals surface area contributed by atoms with E-state index in [2.05, 4.69) is 40.9 Å². The lowest BCUT2D eigenvalue weighted by Crippen LogP contribution is -2.31. The summed E-state index contributed by atoms with van der Waals surface area (Å²) in [5.74, 6) is 2.53. The molecule has 4 nitrogen and oxygen atoms in total. The number of aryl methyl sites for hydroxylation is 1.